The molecule has 0 aromatic carbocycles. The van der Waals surface area contributed by atoms with Crippen molar-refractivity contribution in [3.05, 3.63) is 0 Å². The summed E-state index contributed by atoms with van der Waals surface area (Å²) in [6.07, 6.45) is 0.474. The second-order valence-corrected chi connectivity index (χ2v) is 6.39. The van der Waals surface area contributed by atoms with E-state index >= 15 is 0 Å². The molecule has 1 aliphatic rings. The molecule has 0 aromatic rings. The van der Waals surface area contributed by atoms with Gasteiger partial charge in [0.1, 0.15) is 11.6 Å². The molecule has 0 spiro atoms. The van der Waals surface area contributed by atoms with Gasteiger partial charge in [0.2, 0.25) is 5.91 Å². The van der Waals surface area contributed by atoms with Gasteiger partial charge in [0.25, 0.3) is 0 Å². The van der Waals surface area contributed by atoms with Crippen LogP contribution in [0, 0.1) is 5.92 Å². The average molecular weight is 300 g/mol. The molecule has 0 bridgehead atoms. The van der Waals surface area contributed by atoms with Crippen LogP contribution in [0.4, 0.5) is 0 Å². The molecule has 1 amide bonds. The smallest absolute Gasteiger partial charge is 0.326 e. The van der Waals surface area contributed by atoms with Crippen LogP contribution < -0.4 is 10.6 Å². The van der Waals surface area contributed by atoms with Crippen molar-refractivity contribution in [1.82, 2.24) is 10.6 Å². The molecule has 1 rings (SSSR count). The zero-order chi connectivity index (χ0) is 16.2. The fourth-order valence-electron chi connectivity index (χ4n) is 2.20. The summed E-state index contributed by atoms with van der Waals surface area (Å²) >= 11 is 0. The first kappa shape index (κ1) is 17.4. The predicted molar refractivity (Wildman–Crippen MR) is 75.6 cm³/mol. The number of carboxylic acid groups (broad SMARTS) is 1. The molecular weight excluding hydrogens is 276 g/mol. The number of rotatable bonds is 5. The lowest BCUT2D eigenvalue weighted by molar-refractivity contribution is -0.158. The minimum absolute atomic E-state index is 0.140. The number of carbonyl (C=O) groups is 3. The van der Waals surface area contributed by atoms with Crippen LogP contribution in [0.3, 0.4) is 0 Å². The molecule has 3 N–H and O–H groups in total. The van der Waals surface area contributed by atoms with Crippen molar-refractivity contribution >= 4 is 17.8 Å². The molecule has 0 radical (unpaired) electrons. The molecule has 7 heteroatoms. The zero-order valence-corrected chi connectivity index (χ0v) is 12.9. The van der Waals surface area contributed by atoms with Gasteiger partial charge in [-0.25, -0.2) is 4.79 Å². The first-order valence-corrected chi connectivity index (χ1v) is 7.08. The quantitative estimate of drug-likeness (QED) is 0.630. The van der Waals surface area contributed by atoms with Crippen molar-refractivity contribution in [3.8, 4) is 0 Å². The third-order valence-corrected chi connectivity index (χ3v) is 3.22. The van der Waals surface area contributed by atoms with Crippen LogP contribution in [0.25, 0.3) is 0 Å². The van der Waals surface area contributed by atoms with Gasteiger partial charge in [0.15, 0.2) is 0 Å². The highest BCUT2D eigenvalue weighted by atomic mass is 16.6. The monoisotopic (exact) mass is 300 g/mol. The van der Waals surface area contributed by atoms with E-state index in [-0.39, 0.29) is 12.3 Å². The molecule has 1 heterocycles. The molecule has 1 fully saturated rings. The Kier molecular flexibility index (Phi) is 5.71. The Morgan fingerprint density at radius 2 is 2.00 bits per heavy atom. The Morgan fingerprint density at radius 3 is 2.43 bits per heavy atom. The molecular formula is C14H24N2O5. The van der Waals surface area contributed by atoms with Crippen molar-refractivity contribution in [2.45, 2.75) is 58.2 Å². The second kappa shape index (κ2) is 6.89. The van der Waals surface area contributed by atoms with E-state index in [1.165, 1.54) is 0 Å². The van der Waals surface area contributed by atoms with E-state index in [0.29, 0.717) is 0 Å². The van der Waals surface area contributed by atoms with Crippen LogP contribution in [-0.2, 0) is 19.1 Å². The number of ether oxygens (including phenoxy) is 1. The lowest BCUT2D eigenvalue weighted by Gasteiger charge is -2.22. The highest BCUT2D eigenvalue weighted by molar-refractivity contribution is 5.89. The number of hydrogen-bond acceptors (Lipinski definition) is 5. The highest BCUT2D eigenvalue weighted by Gasteiger charge is 2.33. The zero-order valence-electron chi connectivity index (χ0n) is 12.9. The normalized spacial score (nSPS) is 23.4. The van der Waals surface area contributed by atoms with Gasteiger partial charge in [0.05, 0.1) is 12.5 Å². The lowest BCUT2D eigenvalue weighted by Crippen LogP contribution is -2.50. The number of amides is 1. The summed E-state index contributed by atoms with van der Waals surface area (Å²) in [6.45, 7) is 7.74. The minimum atomic E-state index is -1.28. The SMILES string of the molecule is CC1CCNC1C(=O)N[C@@H](CC(=O)OC(C)(C)C)C(=O)O. The number of esters is 1. The van der Waals surface area contributed by atoms with E-state index in [4.69, 9.17) is 9.84 Å². The van der Waals surface area contributed by atoms with E-state index in [1.54, 1.807) is 20.8 Å². The molecule has 1 saturated heterocycles. The molecule has 0 aliphatic carbocycles. The Labute approximate surface area is 124 Å². The van der Waals surface area contributed by atoms with Gasteiger partial charge in [-0.05, 0) is 39.7 Å². The van der Waals surface area contributed by atoms with E-state index < -0.39 is 35.5 Å². The van der Waals surface area contributed by atoms with Gasteiger partial charge in [-0.2, -0.15) is 0 Å². The number of carboxylic acids is 1. The fourth-order valence-corrected chi connectivity index (χ4v) is 2.20. The summed E-state index contributed by atoms with van der Waals surface area (Å²) in [5.74, 6) is -2.15. The number of hydrogen-bond donors (Lipinski definition) is 3. The van der Waals surface area contributed by atoms with Crippen molar-refractivity contribution in [3.63, 3.8) is 0 Å². The summed E-state index contributed by atoms with van der Waals surface area (Å²) in [4.78, 5) is 34.9. The molecule has 2 unspecified atom stereocenters. The van der Waals surface area contributed by atoms with Gasteiger partial charge >= 0.3 is 11.9 Å². The van der Waals surface area contributed by atoms with E-state index in [2.05, 4.69) is 10.6 Å². The molecule has 21 heavy (non-hydrogen) atoms. The van der Waals surface area contributed by atoms with E-state index in [1.807, 2.05) is 6.92 Å². The Bertz CT molecular complexity index is 416. The van der Waals surface area contributed by atoms with E-state index in [0.717, 1.165) is 13.0 Å². The average Bonchev–Trinajstić information content (AvgIpc) is 2.71. The standard InChI is InChI=1S/C14H24N2O5/c1-8-5-6-15-11(8)12(18)16-9(13(19)20)7-10(17)21-14(2,3)4/h8-9,11,15H,5-7H2,1-4H3,(H,16,18)(H,19,20)/t8?,9-,11?/m0/s1. The maximum atomic E-state index is 12.0. The van der Waals surface area contributed by atoms with Gasteiger partial charge < -0.3 is 20.5 Å². The summed E-state index contributed by atoms with van der Waals surface area (Å²) in [7, 11) is 0. The van der Waals surface area contributed by atoms with Crippen LogP contribution in [0.15, 0.2) is 0 Å². The van der Waals surface area contributed by atoms with Crippen molar-refractivity contribution in [2.75, 3.05) is 6.54 Å². The Hall–Kier alpha value is -1.63. The second-order valence-electron chi connectivity index (χ2n) is 6.39. The third-order valence-electron chi connectivity index (χ3n) is 3.22. The summed E-state index contributed by atoms with van der Waals surface area (Å²) < 4.78 is 5.08. The molecule has 7 nitrogen and oxygen atoms in total. The fraction of sp³-hybridized carbons (Fsp3) is 0.786. The van der Waals surface area contributed by atoms with Crippen LogP contribution in [0.1, 0.15) is 40.5 Å². The largest absolute Gasteiger partial charge is 0.480 e. The van der Waals surface area contributed by atoms with Crippen molar-refractivity contribution in [2.24, 2.45) is 5.92 Å². The summed E-state index contributed by atoms with van der Waals surface area (Å²) in [5, 5.41) is 14.6. The van der Waals surface area contributed by atoms with Crippen LogP contribution in [0.5, 0.6) is 0 Å². The summed E-state index contributed by atoms with van der Waals surface area (Å²) in [6, 6.07) is -1.69. The highest BCUT2D eigenvalue weighted by Crippen LogP contribution is 2.15. The van der Waals surface area contributed by atoms with Crippen LogP contribution in [-0.4, -0.2) is 47.2 Å². The maximum Gasteiger partial charge on any atom is 0.326 e. The predicted octanol–water partition coefficient (Wildman–Crippen LogP) is 0.286. The molecule has 120 valence electrons. The first-order chi connectivity index (χ1) is 9.60. The number of aliphatic carboxylic acids is 1. The maximum absolute atomic E-state index is 12.0. The van der Waals surface area contributed by atoms with Crippen LogP contribution >= 0.6 is 0 Å². The molecule has 3 atom stereocenters. The van der Waals surface area contributed by atoms with Crippen LogP contribution in [0.2, 0.25) is 0 Å². The van der Waals surface area contributed by atoms with Crippen molar-refractivity contribution < 1.29 is 24.2 Å². The topological polar surface area (TPSA) is 105 Å². The van der Waals surface area contributed by atoms with Crippen molar-refractivity contribution in [1.29, 1.82) is 0 Å². The first-order valence-electron chi connectivity index (χ1n) is 7.08. The summed E-state index contributed by atoms with van der Waals surface area (Å²) in [5.41, 5.74) is -0.689. The van der Waals surface area contributed by atoms with Gasteiger partial charge in [-0.1, -0.05) is 6.92 Å². The number of carbonyl (C=O) groups excluding carboxylic acids is 2. The lowest BCUT2D eigenvalue weighted by atomic mass is 10.0. The third kappa shape index (κ3) is 5.71. The minimum Gasteiger partial charge on any atom is -0.480 e. The molecule has 0 aromatic heterocycles. The van der Waals surface area contributed by atoms with Gasteiger partial charge in [0, 0.05) is 0 Å². The van der Waals surface area contributed by atoms with E-state index in [9.17, 15) is 14.4 Å². The molecule has 0 saturated carbocycles. The molecule has 1 aliphatic heterocycles. The van der Waals surface area contributed by atoms with Gasteiger partial charge in [-0.15, -0.1) is 0 Å². The Balaban J connectivity index is 2.59. The number of nitrogens with one attached hydrogen (secondary N) is 2. The van der Waals surface area contributed by atoms with Gasteiger partial charge in [-0.3, -0.25) is 9.59 Å². The Morgan fingerprint density at radius 1 is 1.38 bits per heavy atom.